The fourth-order valence-corrected chi connectivity index (χ4v) is 1.88. The van der Waals surface area contributed by atoms with Crippen molar-refractivity contribution >= 4 is 11.9 Å². The van der Waals surface area contributed by atoms with Crippen molar-refractivity contribution in [2.45, 2.75) is 26.3 Å². The summed E-state index contributed by atoms with van der Waals surface area (Å²) >= 11 is 0. The second-order valence-electron chi connectivity index (χ2n) is 5.21. The Morgan fingerprint density at radius 1 is 1.44 bits per heavy atom. The summed E-state index contributed by atoms with van der Waals surface area (Å²) in [5.41, 5.74) is 0. The van der Waals surface area contributed by atoms with Crippen LogP contribution in [0, 0.1) is 5.92 Å². The normalized spacial score (nSPS) is 19.3. The number of nitrogens with zero attached hydrogens (tertiary/aromatic N) is 1. The van der Waals surface area contributed by atoms with E-state index >= 15 is 0 Å². The van der Waals surface area contributed by atoms with Crippen LogP contribution in [0.1, 0.15) is 20.3 Å². The van der Waals surface area contributed by atoms with Crippen LogP contribution in [0.25, 0.3) is 0 Å². The highest BCUT2D eigenvalue weighted by Gasteiger charge is 2.21. The second-order valence-corrected chi connectivity index (χ2v) is 5.21. The number of amides is 3. The summed E-state index contributed by atoms with van der Waals surface area (Å²) in [5.74, 6) is 0.115. The van der Waals surface area contributed by atoms with Crippen molar-refractivity contribution < 1.29 is 9.59 Å². The first-order valence-electron chi connectivity index (χ1n) is 6.47. The van der Waals surface area contributed by atoms with E-state index in [0.29, 0.717) is 18.5 Å². The molecule has 1 aliphatic rings. The zero-order valence-electron chi connectivity index (χ0n) is 11.5. The molecule has 3 N–H and O–H groups in total. The van der Waals surface area contributed by atoms with E-state index in [2.05, 4.69) is 16.0 Å². The van der Waals surface area contributed by atoms with Gasteiger partial charge < -0.3 is 10.6 Å². The minimum atomic E-state index is -0.411. The number of hydrogen-bond donors (Lipinski definition) is 3. The number of imide groups is 1. The summed E-state index contributed by atoms with van der Waals surface area (Å²) in [6.45, 7) is 6.73. The van der Waals surface area contributed by atoms with Crippen LogP contribution in [0.4, 0.5) is 4.79 Å². The molecule has 18 heavy (non-hydrogen) atoms. The van der Waals surface area contributed by atoms with Gasteiger partial charge in [0.05, 0.1) is 6.54 Å². The highest BCUT2D eigenvalue weighted by Crippen LogP contribution is 2.04. The lowest BCUT2D eigenvalue weighted by atomic mass is 10.2. The fraction of sp³-hybridized carbons (Fsp3) is 0.833. The van der Waals surface area contributed by atoms with Gasteiger partial charge in [-0.25, -0.2) is 4.79 Å². The average molecular weight is 256 g/mol. The Labute approximate surface area is 108 Å². The topological polar surface area (TPSA) is 73.5 Å². The van der Waals surface area contributed by atoms with Gasteiger partial charge in [0.15, 0.2) is 0 Å². The standard InChI is InChI=1S/C12H24N4O2/c1-9(2)6-14-12(18)15-11(17)8-16(3)10-4-5-13-7-10/h9-10,13H,4-8H2,1-3H3,(H2,14,15,17,18). The predicted octanol–water partition coefficient (Wildman–Crippen LogP) is -0.238. The first-order chi connectivity index (χ1) is 8.49. The molecule has 0 aliphatic carbocycles. The van der Waals surface area contributed by atoms with Crippen molar-refractivity contribution in [3.8, 4) is 0 Å². The Kier molecular flexibility index (Phi) is 6.07. The molecule has 1 aliphatic heterocycles. The monoisotopic (exact) mass is 256 g/mol. The molecular formula is C12H24N4O2. The summed E-state index contributed by atoms with van der Waals surface area (Å²) in [6.07, 6.45) is 1.04. The third kappa shape index (κ3) is 5.46. The largest absolute Gasteiger partial charge is 0.338 e. The van der Waals surface area contributed by atoms with Crippen molar-refractivity contribution in [3.63, 3.8) is 0 Å². The van der Waals surface area contributed by atoms with Crippen LogP contribution >= 0.6 is 0 Å². The molecule has 1 heterocycles. The Morgan fingerprint density at radius 3 is 2.72 bits per heavy atom. The van der Waals surface area contributed by atoms with Gasteiger partial charge in [-0.1, -0.05) is 13.8 Å². The zero-order chi connectivity index (χ0) is 13.5. The van der Waals surface area contributed by atoms with E-state index in [9.17, 15) is 9.59 Å². The van der Waals surface area contributed by atoms with E-state index in [0.717, 1.165) is 19.5 Å². The number of nitrogens with one attached hydrogen (secondary N) is 3. The van der Waals surface area contributed by atoms with Crippen LogP contribution in [-0.2, 0) is 4.79 Å². The first-order valence-corrected chi connectivity index (χ1v) is 6.47. The maximum atomic E-state index is 11.6. The number of rotatable bonds is 5. The Bertz CT molecular complexity index is 288. The van der Waals surface area contributed by atoms with Crippen LogP contribution in [0.5, 0.6) is 0 Å². The molecule has 1 rings (SSSR count). The Morgan fingerprint density at radius 2 is 2.17 bits per heavy atom. The Hall–Kier alpha value is -1.14. The van der Waals surface area contributed by atoms with Crippen LogP contribution in [0.3, 0.4) is 0 Å². The van der Waals surface area contributed by atoms with Crippen molar-refractivity contribution in [3.05, 3.63) is 0 Å². The number of carbonyl (C=O) groups excluding carboxylic acids is 2. The highest BCUT2D eigenvalue weighted by molar-refractivity contribution is 5.95. The first kappa shape index (κ1) is 14.9. The third-order valence-electron chi connectivity index (χ3n) is 2.97. The molecule has 0 aromatic heterocycles. The third-order valence-corrected chi connectivity index (χ3v) is 2.97. The summed E-state index contributed by atoms with van der Waals surface area (Å²) in [5, 5.41) is 8.24. The van der Waals surface area contributed by atoms with Gasteiger partial charge in [-0.3, -0.25) is 15.0 Å². The van der Waals surface area contributed by atoms with E-state index in [-0.39, 0.29) is 12.5 Å². The van der Waals surface area contributed by atoms with Gasteiger partial charge in [-0.05, 0) is 25.9 Å². The lowest BCUT2D eigenvalue weighted by Crippen LogP contribution is -2.46. The number of carbonyl (C=O) groups is 2. The predicted molar refractivity (Wildman–Crippen MR) is 70.3 cm³/mol. The van der Waals surface area contributed by atoms with Crippen LogP contribution in [0.15, 0.2) is 0 Å². The molecule has 104 valence electrons. The molecule has 0 spiro atoms. The van der Waals surface area contributed by atoms with Gasteiger partial charge in [0.25, 0.3) is 0 Å². The summed E-state index contributed by atoms with van der Waals surface area (Å²) < 4.78 is 0. The molecule has 6 heteroatoms. The average Bonchev–Trinajstić information content (AvgIpc) is 2.79. The van der Waals surface area contributed by atoms with Crippen LogP contribution in [-0.4, -0.2) is 56.1 Å². The second kappa shape index (κ2) is 7.33. The number of hydrogen-bond acceptors (Lipinski definition) is 4. The van der Waals surface area contributed by atoms with Crippen molar-refractivity contribution in [1.82, 2.24) is 20.9 Å². The van der Waals surface area contributed by atoms with Gasteiger partial charge in [0.2, 0.25) is 5.91 Å². The van der Waals surface area contributed by atoms with Gasteiger partial charge in [0.1, 0.15) is 0 Å². The summed E-state index contributed by atoms with van der Waals surface area (Å²) in [6, 6.07) is -0.0267. The lowest BCUT2D eigenvalue weighted by molar-refractivity contribution is -0.121. The smallest absolute Gasteiger partial charge is 0.321 e. The van der Waals surface area contributed by atoms with Gasteiger partial charge in [0, 0.05) is 19.1 Å². The molecule has 1 fully saturated rings. The molecule has 0 aromatic carbocycles. The van der Waals surface area contributed by atoms with E-state index in [1.165, 1.54) is 0 Å². The Balaban J connectivity index is 2.21. The fourth-order valence-electron chi connectivity index (χ4n) is 1.88. The minimum absolute atomic E-state index is 0.251. The van der Waals surface area contributed by atoms with Gasteiger partial charge in [-0.15, -0.1) is 0 Å². The van der Waals surface area contributed by atoms with Gasteiger partial charge in [-0.2, -0.15) is 0 Å². The van der Waals surface area contributed by atoms with Gasteiger partial charge >= 0.3 is 6.03 Å². The SMILES string of the molecule is CC(C)CNC(=O)NC(=O)CN(C)C1CCNC1. The quantitative estimate of drug-likeness (QED) is 0.635. The molecule has 0 bridgehead atoms. The molecule has 0 radical (unpaired) electrons. The van der Waals surface area contributed by atoms with Crippen molar-refractivity contribution in [2.24, 2.45) is 5.92 Å². The molecule has 0 saturated carbocycles. The van der Waals surface area contributed by atoms with Crippen molar-refractivity contribution in [1.29, 1.82) is 0 Å². The minimum Gasteiger partial charge on any atom is -0.338 e. The van der Waals surface area contributed by atoms with E-state index in [4.69, 9.17) is 0 Å². The summed E-state index contributed by atoms with van der Waals surface area (Å²) in [4.78, 5) is 25.0. The highest BCUT2D eigenvalue weighted by atomic mass is 16.2. The zero-order valence-corrected chi connectivity index (χ0v) is 11.5. The maximum Gasteiger partial charge on any atom is 0.321 e. The lowest BCUT2D eigenvalue weighted by Gasteiger charge is -2.22. The van der Waals surface area contributed by atoms with E-state index in [1.807, 2.05) is 25.8 Å². The molecule has 1 atom stereocenters. The molecule has 0 aromatic rings. The number of likely N-dealkylation sites (N-methyl/N-ethyl adjacent to an activating group) is 1. The molecule has 1 saturated heterocycles. The maximum absolute atomic E-state index is 11.6. The van der Waals surface area contributed by atoms with E-state index in [1.54, 1.807) is 0 Å². The molecule has 1 unspecified atom stereocenters. The van der Waals surface area contributed by atoms with Crippen LogP contribution in [0.2, 0.25) is 0 Å². The molecule has 3 amide bonds. The molecule has 6 nitrogen and oxygen atoms in total. The summed E-state index contributed by atoms with van der Waals surface area (Å²) in [7, 11) is 1.91. The number of urea groups is 1. The van der Waals surface area contributed by atoms with Crippen LogP contribution < -0.4 is 16.0 Å². The van der Waals surface area contributed by atoms with E-state index < -0.39 is 6.03 Å². The molecular weight excluding hydrogens is 232 g/mol. The van der Waals surface area contributed by atoms with Crippen molar-refractivity contribution in [2.75, 3.05) is 33.2 Å².